The van der Waals surface area contributed by atoms with Crippen molar-refractivity contribution in [2.24, 2.45) is 0 Å². The molecule has 1 N–H and O–H groups in total. The van der Waals surface area contributed by atoms with Gasteiger partial charge in [-0.05, 0) is 59.7 Å². The molecule has 31 heavy (non-hydrogen) atoms. The number of halogens is 3. The molecule has 1 aromatic heterocycles. The average molecular weight is 430 g/mol. The van der Waals surface area contributed by atoms with E-state index in [1.807, 2.05) is 19.1 Å². The fourth-order valence-corrected chi connectivity index (χ4v) is 3.59. The van der Waals surface area contributed by atoms with Crippen LogP contribution in [0.1, 0.15) is 29.4 Å². The Labute approximate surface area is 174 Å². The predicted octanol–water partition coefficient (Wildman–Crippen LogP) is 2.96. The molecule has 1 unspecified atom stereocenters. The first kappa shape index (κ1) is 20.5. The Morgan fingerprint density at radius 3 is 2.39 bits per heavy atom. The summed E-state index contributed by atoms with van der Waals surface area (Å²) in [6.07, 6.45) is -4.47. The van der Waals surface area contributed by atoms with Crippen LogP contribution in [0.5, 0.6) is 0 Å². The monoisotopic (exact) mass is 430 g/mol. The van der Waals surface area contributed by atoms with Gasteiger partial charge in [0.25, 0.3) is 5.91 Å². The predicted molar refractivity (Wildman–Crippen MR) is 102 cm³/mol. The molecular formula is C20H17F3N6O2. The van der Waals surface area contributed by atoms with Crippen LogP contribution in [0, 0.1) is 6.92 Å². The maximum absolute atomic E-state index is 13.2. The highest BCUT2D eigenvalue weighted by Gasteiger charge is 2.49. The Morgan fingerprint density at radius 1 is 1.06 bits per heavy atom. The number of nitrogens with one attached hydrogen (secondary N) is 1. The Balaban J connectivity index is 1.61. The van der Waals surface area contributed by atoms with Gasteiger partial charge >= 0.3 is 12.2 Å². The fourth-order valence-electron chi connectivity index (χ4n) is 3.59. The summed E-state index contributed by atoms with van der Waals surface area (Å²) in [6, 6.07) is 10.8. The number of hydrogen-bond donors (Lipinski definition) is 1. The summed E-state index contributed by atoms with van der Waals surface area (Å²) in [5.74, 6) is -0.355. The Bertz CT molecular complexity index is 1160. The zero-order valence-corrected chi connectivity index (χ0v) is 16.5. The number of hydrogen-bond acceptors (Lipinski definition) is 5. The number of carbonyl (C=O) groups excluding carboxylic acids is 2. The summed E-state index contributed by atoms with van der Waals surface area (Å²) in [7, 11) is 0. The number of rotatable bonds is 4. The maximum atomic E-state index is 13.2. The van der Waals surface area contributed by atoms with E-state index in [1.54, 1.807) is 19.1 Å². The highest BCUT2D eigenvalue weighted by atomic mass is 19.4. The third-order valence-corrected chi connectivity index (χ3v) is 5.23. The smallest absolute Gasteiger partial charge is 0.319 e. The second-order valence-corrected chi connectivity index (χ2v) is 7.31. The molecule has 0 bridgehead atoms. The van der Waals surface area contributed by atoms with Crippen molar-refractivity contribution in [1.29, 1.82) is 0 Å². The highest BCUT2D eigenvalue weighted by Crippen LogP contribution is 2.32. The summed E-state index contributed by atoms with van der Waals surface area (Å²) >= 11 is 0. The van der Waals surface area contributed by atoms with Crippen molar-refractivity contribution in [1.82, 2.24) is 30.4 Å². The molecule has 0 spiro atoms. The lowest BCUT2D eigenvalue weighted by atomic mass is 9.88. The number of urea groups is 1. The van der Waals surface area contributed by atoms with Crippen molar-refractivity contribution in [3.05, 3.63) is 71.0 Å². The molecule has 11 heteroatoms. The number of alkyl halides is 3. The quantitative estimate of drug-likeness (QED) is 0.643. The number of nitrogens with zero attached hydrogens (tertiary/aromatic N) is 5. The first-order chi connectivity index (χ1) is 14.6. The first-order valence-corrected chi connectivity index (χ1v) is 9.26. The Morgan fingerprint density at radius 2 is 1.74 bits per heavy atom. The van der Waals surface area contributed by atoms with E-state index in [4.69, 9.17) is 0 Å². The Hall–Kier alpha value is -3.76. The summed E-state index contributed by atoms with van der Waals surface area (Å²) in [5, 5.41) is 13.9. The molecule has 0 aliphatic carbocycles. The molecule has 3 aromatic rings. The van der Waals surface area contributed by atoms with E-state index >= 15 is 0 Å². The van der Waals surface area contributed by atoms with E-state index < -0.39 is 29.2 Å². The van der Waals surface area contributed by atoms with Crippen molar-refractivity contribution < 1.29 is 22.8 Å². The normalized spacial score (nSPS) is 19.1. The molecule has 160 valence electrons. The number of tetrazole rings is 1. The van der Waals surface area contributed by atoms with Crippen LogP contribution >= 0.6 is 0 Å². The van der Waals surface area contributed by atoms with Crippen LogP contribution in [0.15, 0.2) is 48.5 Å². The standard InChI is InChI=1S/C20H17F3N6O2/c1-12-5-3-4-6-15(12)19(2)17(30)28(18(31)24-19)11-16-25-26-27-29(16)14-9-7-13(8-10-14)20(21,22)23/h3-10H,11H2,1-2H3,(H,24,31). The third-order valence-electron chi connectivity index (χ3n) is 5.23. The van der Waals surface area contributed by atoms with Crippen molar-refractivity contribution in [2.75, 3.05) is 0 Å². The summed E-state index contributed by atoms with van der Waals surface area (Å²) < 4.78 is 39.6. The molecule has 1 aliphatic heterocycles. The molecule has 1 aliphatic rings. The van der Waals surface area contributed by atoms with E-state index in [2.05, 4.69) is 20.8 Å². The van der Waals surface area contributed by atoms with E-state index in [-0.39, 0.29) is 18.1 Å². The number of carbonyl (C=O) groups is 2. The van der Waals surface area contributed by atoms with E-state index in [1.165, 1.54) is 16.8 Å². The molecule has 8 nitrogen and oxygen atoms in total. The van der Waals surface area contributed by atoms with Gasteiger partial charge < -0.3 is 5.32 Å². The van der Waals surface area contributed by atoms with Gasteiger partial charge in [0.15, 0.2) is 5.82 Å². The van der Waals surface area contributed by atoms with Gasteiger partial charge in [-0.15, -0.1) is 5.10 Å². The average Bonchev–Trinajstić information content (AvgIpc) is 3.27. The van der Waals surface area contributed by atoms with E-state index in [0.717, 1.165) is 22.6 Å². The lowest BCUT2D eigenvalue weighted by Crippen LogP contribution is -2.41. The van der Waals surface area contributed by atoms with Crippen molar-refractivity contribution in [2.45, 2.75) is 32.1 Å². The van der Waals surface area contributed by atoms with Crippen LogP contribution in [-0.4, -0.2) is 37.0 Å². The lowest BCUT2D eigenvalue weighted by molar-refractivity contribution is -0.137. The van der Waals surface area contributed by atoms with Crippen LogP contribution in [0.3, 0.4) is 0 Å². The zero-order chi connectivity index (χ0) is 22.4. The van der Waals surface area contributed by atoms with Gasteiger partial charge in [0.1, 0.15) is 5.54 Å². The third kappa shape index (κ3) is 3.51. The second-order valence-electron chi connectivity index (χ2n) is 7.31. The molecule has 1 atom stereocenters. The molecule has 2 heterocycles. The molecule has 4 rings (SSSR count). The SMILES string of the molecule is Cc1ccccc1C1(C)NC(=O)N(Cc2nnnn2-c2ccc(C(F)(F)F)cc2)C1=O. The van der Waals surface area contributed by atoms with Gasteiger partial charge in [-0.2, -0.15) is 17.9 Å². The molecule has 2 aromatic carbocycles. The topological polar surface area (TPSA) is 93.0 Å². The number of aromatic nitrogens is 4. The molecule has 1 fully saturated rings. The van der Waals surface area contributed by atoms with Crippen LogP contribution in [0.25, 0.3) is 5.69 Å². The number of benzene rings is 2. The van der Waals surface area contributed by atoms with Gasteiger partial charge in [0.2, 0.25) is 0 Å². The summed E-state index contributed by atoms with van der Waals surface area (Å²) in [5.41, 5.74) is -0.293. The van der Waals surface area contributed by atoms with Crippen molar-refractivity contribution in [3.8, 4) is 5.69 Å². The second kappa shape index (κ2) is 7.18. The van der Waals surface area contributed by atoms with Crippen molar-refractivity contribution >= 4 is 11.9 Å². The molecule has 0 radical (unpaired) electrons. The van der Waals surface area contributed by atoms with Crippen LogP contribution < -0.4 is 5.32 Å². The zero-order valence-electron chi connectivity index (χ0n) is 16.5. The van der Waals surface area contributed by atoms with Crippen LogP contribution in [0.2, 0.25) is 0 Å². The van der Waals surface area contributed by atoms with Gasteiger partial charge in [-0.25, -0.2) is 4.79 Å². The summed E-state index contributed by atoms with van der Waals surface area (Å²) in [4.78, 5) is 26.7. The van der Waals surface area contributed by atoms with E-state index in [9.17, 15) is 22.8 Å². The van der Waals surface area contributed by atoms with Crippen LogP contribution in [0.4, 0.5) is 18.0 Å². The number of amides is 3. The molecule has 0 saturated carbocycles. The first-order valence-electron chi connectivity index (χ1n) is 9.26. The fraction of sp³-hybridized carbons (Fsp3) is 0.250. The minimum absolute atomic E-state index is 0.122. The van der Waals surface area contributed by atoms with Crippen molar-refractivity contribution in [3.63, 3.8) is 0 Å². The van der Waals surface area contributed by atoms with Crippen LogP contribution in [-0.2, 0) is 23.1 Å². The Kier molecular flexibility index (Phi) is 4.75. The molecule has 1 saturated heterocycles. The summed E-state index contributed by atoms with van der Waals surface area (Å²) in [6.45, 7) is 3.21. The minimum atomic E-state index is -4.47. The van der Waals surface area contributed by atoms with Gasteiger partial charge in [-0.1, -0.05) is 24.3 Å². The number of imide groups is 1. The van der Waals surface area contributed by atoms with E-state index in [0.29, 0.717) is 5.56 Å². The molecular weight excluding hydrogens is 413 g/mol. The maximum Gasteiger partial charge on any atom is 0.416 e. The number of aryl methyl sites for hydroxylation is 1. The van der Waals surface area contributed by atoms with Gasteiger partial charge in [-0.3, -0.25) is 9.69 Å². The van der Waals surface area contributed by atoms with Gasteiger partial charge in [0.05, 0.1) is 17.8 Å². The highest BCUT2D eigenvalue weighted by molar-refractivity contribution is 6.07. The molecule has 3 amide bonds. The minimum Gasteiger partial charge on any atom is -0.319 e. The van der Waals surface area contributed by atoms with Gasteiger partial charge in [0, 0.05) is 0 Å². The largest absolute Gasteiger partial charge is 0.416 e. The lowest BCUT2D eigenvalue weighted by Gasteiger charge is -2.24.